The van der Waals surface area contributed by atoms with E-state index in [-0.39, 0.29) is 0 Å². The van der Waals surface area contributed by atoms with Crippen molar-refractivity contribution >= 4 is 34.3 Å². The lowest BCUT2D eigenvalue weighted by molar-refractivity contribution is 0.0603. The molecule has 0 saturated carbocycles. The van der Waals surface area contributed by atoms with Crippen molar-refractivity contribution in [2.24, 2.45) is 0 Å². The predicted molar refractivity (Wildman–Crippen MR) is 67.6 cm³/mol. The summed E-state index contributed by atoms with van der Waals surface area (Å²) in [5.74, 6) is 0.205. The molecule has 0 aliphatic rings. The molecule has 0 aliphatic carbocycles. The number of methoxy groups -OCH3 is 1. The number of rotatable bonds is 2. The molecule has 88 valence electrons. The standard InChI is InChI=1S/C12H11ClN2O2/c1-14-11-6-9(12(16)17-2)8-4-3-7(13)5-10(8)15-11/h3-6H,1-2H3,(H,14,15). The summed E-state index contributed by atoms with van der Waals surface area (Å²) in [5.41, 5.74) is 1.13. The van der Waals surface area contributed by atoms with Crippen molar-refractivity contribution in [2.45, 2.75) is 0 Å². The minimum Gasteiger partial charge on any atom is -0.465 e. The van der Waals surface area contributed by atoms with Gasteiger partial charge in [0.15, 0.2) is 0 Å². The zero-order chi connectivity index (χ0) is 12.4. The number of halogens is 1. The van der Waals surface area contributed by atoms with Gasteiger partial charge in [0.1, 0.15) is 5.82 Å². The van der Waals surface area contributed by atoms with Crippen LogP contribution in [0, 0.1) is 0 Å². The van der Waals surface area contributed by atoms with Crippen LogP contribution in [0.25, 0.3) is 10.9 Å². The van der Waals surface area contributed by atoms with Crippen molar-refractivity contribution in [3.05, 3.63) is 34.9 Å². The maximum atomic E-state index is 11.7. The molecule has 2 rings (SSSR count). The highest BCUT2D eigenvalue weighted by atomic mass is 35.5. The van der Waals surface area contributed by atoms with Gasteiger partial charge < -0.3 is 10.1 Å². The number of hydrogen-bond acceptors (Lipinski definition) is 4. The molecule has 0 atom stereocenters. The summed E-state index contributed by atoms with van der Waals surface area (Å²) in [6, 6.07) is 6.85. The first-order valence-electron chi connectivity index (χ1n) is 5.02. The Kier molecular flexibility index (Phi) is 3.15. The molecule has 1 heterocycles. The average molecular weight is 251 g/mol. The molecule has 0 bridgehead atoms. The summed E-state index contributed by atoms with van der Waals surface area (Å²) < 4.78 is 4.75. The fraction of sp³-hybridized carbons (Fsp3) is 0.167. The highest BCUT2D eigenvalue weighted by molar-refractivity contribution is 6.31. The number of carbonyl (C=O) groups excluding carboxylic acids is 1. The quantitative estimate of drug-likeness (QED) is 0.833. The van der Waals surface area contributed by atoms with Crippen LogP contribution < -0.4 is 5.32 Å². The fourth-order valence-electron chi connectivity index (χ4n) is 1.61. The highest BCUT2D eigenvalue weighted by Gasteiger charge is 2.13. The van der Waals surface area contributed by atoms with E-state index in [4.69, 9.17) is 16.3 Å². The third-order valence-electron chi connectivity index (χ3n) is 2.43. The minimum atomic E-state index is -0.392. The number of fused-ring (bicyclic) bond motifs is 1. The highest BCUT2D eigenvalue weighted by Crippen LogP contribution is 2.24. The number of pyridine rings is 1. The van der Waals surface area contributed by atoms with Crippen LogP contribution in [0.1, 0.15) is 10.4 Å². The van der Waals surface area contributed by atoms with Crippen molar-refractivity contribution in [3.63, 3.8) is 0 Å². The number of carbonyl (C=O) groups is 1. The Balaban J connectivity index is 2.75. The molecule has 17 heavy (non-hydrogen) atoms. The van der Waals surface area contributed by atoms with Crippen LogP contribution in [-0.2, 0) is 4.74 Å². The maximum absolute atomic E-state index is 11.7. The second kappa shape index (κ2) is 4.59. The molecule has 1 N–H and O–H groups in total. The molecule has 0 amide bonds. The van der Waals surface area contributed by atoms with Gasteiger partial charge in [-0.3, -0.25) is 0 Å². The van der Waals surface area contributed by atoms with E-state index in [0.29, 0.717) is 21.9 Å². The molecular formula is C12H11ClN2O2. The maximum Gasteiger partial charge on any atom is 0.338 e. The molecule has 2 aromatic rings. The van der Waals surface area contributed by atoms with E-state index < -0.39 is 5.97 Å². The van der Waals surface area contributed by atoms with E-state index in [1.165, 1.54) is 7.11 Å². The number of anilines is 1. The van der Waals surface area contributed by atoms with Gasteiger partial charge >= 0.3 is 5.97 Å². The second-order valence-electron chi connectivity index (χ2n) is 3.46. The van der Waals surface area contributed by atoms with Crippen molar-refractivity contribution in [1.29, 1.82) is 0 Å². The molecule has 0 saturated heterocycles. The Labute approximate surface area is 104 Å². The van der Waals surface area contributed by atoms with Gasteiger partial charge in [0.25, 0.3) is 0 Å². The summed E-state index contributed by atoms with van der Waals surface area (Å²) in [6.07, 6.45) is 0. The zero-order valence-electron chi connectivity index (χ0n) is 9.45. The van der Waals surface area contributed by atoms with Crippen LogP contribution in [0.5, 0.6) is 0 Å². The Morgan fingerprint density at radius 2 is 2.18 bits per heavy atom. The summed E-state index contributed by atoms with van der Waals surface area (Å²) in [7, 11) is 3.09. The van der Waals surface area contributed by atoms with E-state index >= 15 is 0 Å². The predicted octanol–water partition coefficient (Wildman–Crippen LogP) is 2.72. The van der Waals surface area contributed by atoms with E-state index in [1.54, 1.807) is 31.3 Å². The molecular weight excluding hydrogens is 240 g/mol. The first kappa shape index (κ1) is 11.7. The van der Waals surface area contributed by atoms with Crippen LogP contribution in [0.2, 0.25) is 5.02 Å². The first-order chi connectivity index (χ1) is 8.15. The molecule has 5 heteroatoms. The van der Waals surface area contributed by atoms with Crippen LogP contribution in [-0.4, -0.2) is 25.1 Å². The third-order valence-corrected chi connectivity index (χ3v) is 2.67. The summed E-state index contributed by atoms with van der Waals surface area (Å²) >= 11 is 5.90. The summed E-state index contributed by atoms with van der Waals surface area (Å²) in [5, 5.41) is 4.20. The summed E-state index contributed by atoms with van der Waals surface area (Å²) in [4.78, 5) is 16.0. The molecule has 1 aromatic heterocycles. The monoisotopic (exact) mass is 250 g/mol. The number of nitrogens with zero attached hydrogens (tertiary/aromatic N) is 1. The number of esters is 1. The molecule has 0 radical (unpaired) electrons. The molecule has 4 nitrogen and oxygen atoms in total. The number of hydrogen-bond donors (Lipinski definition) is 1. The smallest absolute Gasteiger partial charge is 0.338 e. The molecule has 0 unspecified atom stereocenters. The van der Waals surface area contributed by atoms with Gasteiger partial charge in [-0.05, 0) is 18.2 Å². The summed E-state index contributed by atoms with van der Waals surface area (Å²) in [6.45, 7) is 0. The van der Waals surface area contributed by atoms with Crippen LogP contribution in [0.3, 0.4) is 0 Å². The van der Waals surface area contributed by atoms with E-state index in [0.717, 1.165) is 5.39 Å². The number of aromatic nitrogens is 1. The first-order valence-corrected chi connectivity index (χ1v) is 5.40. The average Bonchev–Trinajstić information content (AvgIpc) is 2.35. The van der Waals surface area contributed by atoms with Crippen LogP contribution >= 0.6 is 11.6 Å². The van der Waals surface area contributed by atoms with E-state index in [1.807, 2.05) is 0 Å². The van der Waals surface area contributed by atoms with Crippen molar-refractivity contribution in [2.75, 3.05) is 19.5 Å². The molecule has 1 aromatic carbocycles. The lowest BCUT2D eigenvalue weighted by Gasteiger charge is -2.08. The van der Waals surface area contributed by atoms with Crippen LogP contribution in [0.4, 0.5) is 5.82 Å². The lowest BCUT2D eigenvalue weighted by atomic mass is 10.1. The molecule has 0 aliphatic heterocycles. The Bertz CT molecular complexity index is 584. The second-order valence-corrected chi connectivity index (χ2v) is 3.89. The number of ether oxygens (including phenoxy) is 1. The van der Waals surface area contributed by atoms with Gasteiger partial charge in [0.2, 0.25) is 0 Å². The third kappa shape index (κ3) is 2.17. The SMILES string of the molecule is CNc1cc(C(=O)OC)c2ccc(Cl)cc2n1. The van der Waals surface area contributed by atoms with E-state index in [9.17, 15) is 4.79 Å². The normalized spacial score (nSPS) is 10.3. The topological polar surface area (TPSA) is 51.2 Å². The fourth-order valence-corrected chi connectivity index (χ4v) is 1.77. The van der Waals surface area contributed by atoms with Crippen LogP contribution in [0.15, 0.2) is 24.3 Å². The van der Waals surface area contributed by atoms with Gasteiger partial charge in [0.05, 0.1) is 18.2 Å². The Morgan fingerprint density at radius 1 is 1.41 bits per heavy atom. The molecule has 0 fully saturated rings. The number of nitrogens with one attached hydrogen (secondary N) is 1. The molecule has 0 spiro atoms. The van der Waals surface area contributed by atoms with Crippen molar-refractivity contribution in [1.82, 2.24) is 4.98 Å². The lowest BCUT2D eigenvalue weighted by Crippen LogP contribution is -2.05. The van der Waals surface area contributed by atoms with Gasteiger partial charge in [-0.1, -0.05) is 17.7 Å². The largest absolute Gasteiger partial charge is 0.465 e. The van der Waals surface area contributed by atoms with Gasteiger partial charge in [-0.15, -0.1) is 0 Å². The zero-order valence-corrected chi connectivity index (χ0v) is 10.2. The van der Waals surface area contributed by atoms with Gasteiger partial charge in [-0.2, -0.15) is 0 Å². The Hall–Kier alpha value is -1.81. The van der Waals surface area contributed by atoms with E-state index in [2.05, 4.69) is 10.3 Å². The van der Waals surface area contributed by atoms with Gasteiger partial charge in [-0.25, -0.2) is 9.78 Å². The van der Waals surface area contributed by atoms with Crippen molar-refractivity contribution < 1.29 is 9.53 Å². The Morgan fingerprint density at radius 3 is 2.82 bits per heavy atom. The minimum absolute atomic E-state index is 0.392. The van der Waals surface area contributed by atoms with Crippen molar-refractivity contribution in [3.8, 4) is 0 Å². The van der Waals surface area contributed by atoms with Gasteiger partial charge in [0, 0.05) is 17.5 Å². The number of benzene rings is 1.